The van der Waals surface area contributed by atoms with Crippen LogP contribution in [0.1, 0.15) is 10.4 Å². The van der Waals surface area contributed by atoms with Gasteiger partial charge in [-0.15, -0.1) is 0 Å². The van der Waals surface area contributed by atoms with Crippen LogP contribution in [0.25, 0.3) is 0 Å². The Morgan fingerprint density at radius 3 is 2.76 bits per heavy atom. The Bertz CT molecular complexity index is 702. The third-order valence-electron chi connectivity index (χ3n) is 3.04. The van der Waals surface area contributed by atoms with Gasteiger partial charge < -0.3 is 19.5 Å². The number of anilines is 1. The summed E-state index contributed by atoms with van der Waals surface area (Å²) in [7, 11) is 1.38. The fourth-order valence-electron chi connectivity index (χ4n) is 1.99. The normalized spacial score (nSPS) is 12.1. The molecule has 0 atom stereocenters. The maximum absolute atomic E-state index is 13.6. The first-order valence-electron chi connectivity index (χ1n) is 6.22. The van der Waals surface area contributed by atoms with Crippen molar-refractivity contribution < 1.29 is 23.4 Å². The molecule has 0 fully saturated rings. The summed E-state index contributed by atoms with van der Waals surface area (Å²) in [5.41, 5.74) is 0.742. The van der Waals surface area contributed by atoms with Gasteiger partial charge in [0.1, 0.15) is 0 Å². The summed E-state index contributed by atoms with van der Waals surface area (Å²) in [5.74, 6) is 0.334. The van der Waals surface area contributed by atoms with E-state index in [2.05, 4.69) is 5.32 Å². The van der Waals surface area contributed by atoms with Crippen molar-refractivity contribution in [2.24, 2.45) is 0 Å². The van der Waals surface area contributed by atoms with Gasteiger partial charge in [-0.2, -0.15) is 0 Å². The summed E-state index contributed by atoms with van der Waals surface area (Å²) in [5, 5.41) is 2.61. The molecular formula is C15H12FNO4. The van der Waals surface area contributed by atoms with E-state index in [4.69, 9.17) is 14.2 Å². The fourth-order valence-corrected chi connectivity index (χ4v) is 1.99. The van der Waals surface area contributed by atoms with Crippen molar-refractivity contribution in [1.29, 1.82) is 0 Å². The number of hydrogen-bond acceptors (Lipinski definition) is 4. The Morgan fingerprint density at radius 2 is 2.00 bits per heavy atom. The van der Waals surface area contributed by atoms with Crippen molar-refractivity contribution in [3.8, 4) is 17.2 Å². The second-order valence-corrected chi connectivity index (χ2v) is 4.37. The van der Waals surface area contributed by atoms with Crippen molar-refractivity contribution in [2.75, 3.05) is 19.2 Å². The molecule has 0 aliphatic carbocycles. The van der Waals surface area contributed by atoms with Gasteiger partial charge in [0, 0.05) is 17.3 Å². The van der Waals surface area contributed by atoms with Crippen LogP contribution >= 0.6 is 0 Å². The van der Waals surface area contributed by atoms with Gasteiger partial charge in [-0.1, -0.05) is 0 Å². The predicted molar refractivity (Wildman–Crippen MR) is 73.5 cm³/mol. The topological polar surface area (TPSA) is 56.8 Å². The highest BCUT2D eigenvalue weighted by atomic mass is 19.1. The number of rotatable bonds is 3. The number of halogens is 1. The Hall–Kier alpha value is -2.76. The van der Waals surface area contributed by atoms with Crippen LogP contribution in [-0.2, 0) is 0 Å². The summed E-state index contributed by atoms with van der Waals surface area (Å²) in [4.78, 5) is 12.1. The largest absolute Gasteiger partial charge is 0.494 e. The van der Waals surface area contributed by atoms with Crippen molar-refractivity contribution in [3.05, 3.63) is 47.8 Å². The monoisotopic (exact) mass is 289 g/mol. The number of carbonyl (C=O) groups excluding carboxylic acids is 1. The highest BCUT2D eigenvalue weighted by Gasteiger charge is 2.16. The number of amides is 1. The van der Waals surface area contributed by atoms with E-state index in [1.807, 2.05) is 0 Å². The lowest BCUT2D eigenvalue weighted by Gasteiger charge is -2.08. The summed E-state index contributed by atoms with van der Waals surface area (Å²) in [6.07, 6.45) is 0. The molecule has 1 aliphatic rings. The van der Waals surface area contributed by atoms with Gasteiger partial charge in [0.15, 0.2) is 23.1 Å². The Kier molecular flexibility index (Phi) is 3.35. The lowest BCUT2D eigenvalue weighted by atomic mass is 10.2. The third-order valence-corrected chi connectivity index (χ3v) is 3.04. The molecule has 0 saturated heterocycles. The van der Waals surface area contributed by atoms with Gasteiger partial charge in [0.25, 0.3) is 5.91 Å². The molecule has 0 aromatic heterocycles. The zero-order chi connectivity index (χ0) is 14.8. The van der Waals surface area contributed by atoms with Crippen LogP contribution in [0.3, 0.4) is 0 Å². The van der Waals surface area contributed by atoms with Gasteiger partial charge in [-0.3, -0.25) is 4.79 Å². The molecule has 1 amide bonds. The minimum Gasteiger partial charge on any atom is -0.494 e. The van der Waals surface area contributed by atoms with E-state index >= 15 is 0 Å². The van der Waals surface area contributed by atoms with Crippen LogP contribution in [0.15, 0.2) is 36.4 Å². The predicted octanol–water partition coefficient (Wildman–Crippen LogP) is 2.82. The van der Waals surface area contributed by atoms with E-state index in [1.165, 1.54) is 19.2 Å². The number of ether oxygens (including phenoxy) is 3. The maximum atomic E-state index is 13.6. The number of hydrogen-bond donors (Lipinski definition) is 1. The molecule has 0 spiro atoms. The minimum absolute atomic E-state index is 0.121. The van der Waals surface area contributed by atoms with Gasteiger partial charge in [0.05, 0.1) is 7.11 Å². The summed E-state index contributed by atoms with van der Waals surface area (Å²) >= 11 is 0. The molecule has 3 rings (SSSR count). The van der Waals surface area contributed by atoms with Gasteiger partial charge >= 0.3 is 0 Å². The average molecular weight is 289 g/mol. The number of carbonyl (C=O) groups is 1. The van der Waals surface area contributed by atoms with Crippen molar-refractivity contribution in [1.82, 2.24) is 0 Å². The quantitative estimate of drug-likeness (QED) is 0.944. The zero-order valence-corrected chi connectivity index (χ0v) is 11.2. The lowest BCUT2D eigenvalue weighted by Crippen LogP contribution is -2.12. The maximum Gasteiger partial charge on any atom is 0.255 e. The van der Waals surface area contributed by atoms with Gasteiger partial charge in [-0.25, -0.2) is 4.39 Å². The molecule has 0 bridgehead atoms. The molecule has 108 valence electrons. The summed E-state index contributed by atoms with van der Waals surface area (Å²) in [6.45, 7) is 0.143. The van der Waals surface area contributed by atoms with Crippen LogP contribution < -0.4 is 19.5 Å². The van der Waals surface area contributed by atoms with Crippen molar-refractivity contribution in [3.63, 3.8) is 0 Å². The van der Waals surface area contributed by atoms with E-state index < -0.39 is 5.82 Å². The smallest absolute Gasteiger partial charge is 0.255 e. The van der Waals surface area contributed by atoms with Crippen LogP contribution in [0.5, 0.6) is 17.2 Å². The average Bonchev–Trinajstić information content (AvgIpc) is 2.94. The van der Waals surface area contributed by atoms with Gasteiger partial charge in [0.2, 0.25) is 6.79 Å². The molecule has 0 radical (unpaired) electrons. The standard InChI is InChI=1S/C15H12FNO4/c1-19-12-5-3-10(7-11(12)16)17-15(18)9-2-4-13-14(6-9)21-8-20-13/h2-7H,8H2,1H3,(H,17,18). The van der Waals surface area contributed by atoms with Crippen LogP contribution in [-0.4, -0.2) is 19.8 Å². The minimum atomic E-state index is -0.541. The molecule has 6 heteroatoms. The fraction of sp³-hybridized carbons (Fsp3) is 0.133. The van der Waals surface area contributed by atoms with E-state index in [-0.39, 0.29) is 18.4 Å². The molecule has 21 heavy (non-hydrogen) atoms. The Labute approximate surface area is 120 Å². The van der Waals surface area contributed by atoms with E-state index in [0.29, 0.717) is 22.7 Å². The molecule has 2 aromatic carbocycles. The molecule has 1 aliphatic heterocycles. The lowest BCUT2D eigenvalue weighted by molar-refractivity contribution is 0.102. The van der Waals surface area contributed by atoms with E-state index in [0.717, 1.165) is 0 Å². The Morgan fingerprint density at radius 1 is 1.19 bits per heavy atom. The first-order valence-corrected chi connectivity index (χ1v) is 6.22. The van der Waals surface area contributed by atoms with Crippen LogP contribution in [0.2, 0.25) is 0 Å². The van der Waals surface area contributed by atoms with Crippen LogP contribution in [0.4, 0.5) is 10.1 Å². The molecule has 1 heterocycles. The molecule has 0 saturated carbocycles. The highest BCUT2D eigenvalue weighted by Crippen LogP contribution is 2.32. The first-order chi connectivity index (χ1) is 10.2. The first kappa shape index (κ1) is 13.2. The second kappa shape index (κ2) is 5.32. The van der Waals surface area contributed by atoms with Crippen molar-refractivity contribution in [2.45, 2.75) is 0 Å². The number of nitrogens with one attached hydrogen (secondary N) is 1. The summed E-state index contributed by atoms with van der Waals surface area (Å²) < 4.78 is 28.8. The molecule has 0 unspecified atom stereocenters. The molecule has 2 aromatic rings. The highest BCUT2D eigenvalue weighted by molar-refractivity contribution is 6.04. The van der Waals surface area contributed by atoms with E-state index in [9.17, 15) is 9.18 Å². The zero-order valence-electron chi connectivity index (χ0n) is 11.2. The summed E-state index contributed by atoms with van der Waals surface area (Å²) in [6, 6.07) is 9.06. The van der Waals surface area contributed by atoms with Gasteiger partial charge in [-0.05, 0) is 30.3 Å². The Balaban J connectivity index is 1.78. The number of benzene rings is 2. The van der Waals surface area contributed by atoms with E-state index in [1.54, 1.807) is 24.3 Å². The number of methoxy groups -OCH3 is 1. The second-order valence-electron chi connectivity index (χ2n) is 4.37. The number of fused-ring (bicyclic) bond motifs is 1. The van der Waals surface area contributed by atoms with Crippen LogP contribution in [0, 0.1) is 5.82 Å². The molecule has 5 nitrogen and oxygen atoms in total. The third kappa shape index (κ3) is 2.60. The molecular weight excluding hydrogens is 277 g/mol. The van der Waals surface area contributed by atoms with Crippen molar-refractivity contribution >= 4 is 11.6 Å². The molecule has 1 N–H and O–H groups in total. The SMILES string of the molecule is COc1ccc(NC(=O)c2ccc3c(c2)OCO3)cc1F.